The third-order valence-electron chi connectivity index (χ3n) is 14.8. The van der Waals surface area contributed by atoms with E-state index in [0.717, 1.165) is 145 Å². The van der Waals surface area contributed by atoms with Crippen molar-refractivity contribution in [2.45, 2.75) is 157 Å². The van der Waals surface area contributed by atoms with Crippen LogP contribution < -0.4 is 0 Å². The van der Waals surface area contributed by atoms with Gasteiger partial charge in [-0.25, -0.2) is 28.5 Å². The molecule has 0 N–H and O–H groups in total. The zero-order chi connectivity index (χ0) is 55.6. The Kier molecular flexibility index (Phi) is 29.9. The Morgan fingerprint density at radius 2 is 0.630 bits per heavy atom. The number of benzene rings is 3. The van der Waals surface area contributed by atoms with Gasteiger partial charge in [0.15, 0.2) is 0 Å². The average Bonchev–Trinajstić information content (AvgIpc) is 4.51. The van der Waals surface area contributed by atoms with Crippen LogP contribution in [0.3, 0.4) is 0 Å². The molecule has 6 heterocycles. The number of aromatic nitrogens is 12. The molecule has 5 unspecified atom stereocenters. The number of nitrogens with zero attached hydrogens (tertiary/aromatic N) is 12. The maximum atomic E-state index is 11.2. The monoisotopic (exact) mass is 1310 g/mol. The van der Waals surface area contributed by atoms with Gasteiger partial charge in [0.2, 0.25) is 0 Å². The molecular formula is C63H75N12O3Y3-3. The summed E-state index contributed by atoms with van der Waals surface area (Å²) in [5.74, 6) is 2.72. The SMILES string of the molecule is CC.CC.CC.Cc1nc2ncnn2c(C2CCCC([C-]=O)C2)c1-c1ccccc1.Cc1nc2ncnn2c(C2CCCC([C-]=O)C2)c1-c1ccccc1.Cc1nc2ncnn2c(C2CCC[C@H]([C-]=O)C2)c1-c1ccccc1.[Y].[Y].[Y]. The summed E-state index contributed by atoms with van der Waals surface area (Å²) in [6.45, 7) is 18.1. The minimum Gasteiger partial charge on any atom is -0.542 e. The molecule has 0 spiro atoms. The molecule has 12 rings (SSSR count). The third kappa shape index (κ3) is 16.5. The minimum absolute atomic E-state index is 0. The van der Waals surface area contributed by atoms with Gasteiger partial charge in [0.25, 0.3) is 17.3 Å². The summed E-state index contributed by atoms with van der Waals surface area (Å²) in [7, 11) is 0. The molecule has 3 saturated carbocycles. The summed E-state index contributed by atoms with van der Waals surface area (Å²) in [5.41, 5.74) is 13.0. The van der Waals surface area contributed by atoms with E-state index < -0.39 is 0 Å². The van der Waals surface area contributed by atoms with Crippen LogP contribution in [0.2, 0.25) is 0 Å². The fourth-order valence-electron chi connectivity index (χ4n) is 11.6. The minimum atomic E-state index is 0. The van der Waals surface area contributed by atoms with Crippen molar-refractivity contribution in [2.75, 3.05) is 0 Å². The van der Waals surface area contributed by atoms with Crippen LogP contribution in [0.15, 0.2) is 110 Å². The van der Waals surface area contributed by atoms with Crippen LogP contribution in [0.5, 0.6) is 0 Å². The molecule has 0 aliphatic heterocycles. The van der Waals surface area contributed by atoms with Crippen LogP contribution in [-0.4, -0.2) is 77.6 Å². The van der Waals surface area contributed by atoms with Crippen molar-refractivity contribution < 1.29 is 113 Å². The molecule has 3 radical (unpaired) electrons. The van der Waals surface area contributed by atoms with Crippen molar-refractivity contribution in [3.05, 3.63) is 144 Å². The molecule has 6 atom stereocenters. The summed E-state index contributed by atoms with van der Waals surface area (Å²) in [6, 6.07) is 30.8. The average molecular weight is 1320 g/mol. The van der Waals surface area contributed by atoms with Gasteiger partial charge in [0, 0.05) is 133 Å². The molecule has 15 nitrogen and oxygen atoms in total. The van der Waals surface area contributed by atoms with Gasteiger partial charge < -0.3 is 14.4 Å². The molecule has 0 bridgehead atoms. The molecule has 18 heteroatoms. The van der Waals surface area contributed by atoms with E-state index >= 15 is 0 Å². The largest absolute Gasteiger partial charge is 0.542 e. The van der Waals surface area contributed by atoms with Gasteiger partial charge in [-0.2, -0.15) is 30.2 Å². The predicted molar refractivity (Wildman–Crippen MR) is 308 cm³/mol. The Morgan fingerprint density at radius 1 is 0.383 bits per heavy atom. The van der Waals surface area contributed by atoms with E-state index in [4.69, 9.17) is 0 Å². The fraction of sp³-hybridized carbons (Fsp3) is 0.429. The second-order valence-corrected chi connectivity index (χ2v) is 19.4. The Morgan fingerprint density at radius 3 is 0.864 bits per heavy atom. The van der Waals surface area contributed by atoms with Gasteiger partial charge in [-0.15, -0.1) is 17.8 Å². The molecule has 3 aliphatic rings. The van der Waals surface area contributed by atoms with Crippen molar-refractivity contribution in [1.29, 1.82) is 0 Å². The van der Waals surface area contributed by atoms with E-state index in [9.17, 15) is 14.4 Å². The number of aryl methyl sites for hydroxylation is 3. The summed E-state index contributed by atoms with van der Waals surface area (Å²) >= 11 is 0. The van der Waals surface area contributed by atoms with Crippen molar-refractivity contribution in [3.8, 4) is 33.4 Å². The summed E-state index contributed by atoms with van der Waals surface area (Å²) < 4.78 is 5.56. The topological polar surface area (TPSA) is 180 Å². The Balaban J connectivity index is 0.000000245. The van der Waals surface area contributed by atoms with Gasteiger partial charge in [-0.05, 0) is 56.7 Å². The van der Waals surface area contributed by atoms with Gasteiger partial charge in [0.1, 0.15) is 19.0 Å². The van der Waals surface area contributed by atoms with Crippen LogP contribution in [0, 0.1) is 38.5 Å². The predicted octanol–water partition coefficient (Wildman–Crippen LogP) is 13.5. The Labute approximate surface area is 554 Å². The maximum absolute atomic E-state index is 11.2. The maximum Gasteiger partial charge on any atom is 0.252 e. The first kappa shape index (κ1) is 69.1. The summed E-state index contributed by atoms with van der Waals surface area (Å²) in [4.78, 5) is 60.3. The van der Waals surface area contributed by atoms with E-state index in [1.165, 1.54) is 0 Å². The molecule has 9 aromatic rings. The summed E-state index contributed by atoms with van der Waals surface area (Å²) in [5, 5.41) is 13.2. The van der Waals surface area contributed by atoms with Crippen LogP contribution in [0.1, 0.15) is 171 Å². The normalized spacial score (nSPS) is 18.9. The summed E-state index contributed by atoms with van der Waals surface area (Å²) in [6.07, 6.45) is 22.8. The quantitative estimate of drug-likeness (QED) is 0.125. The zero-order valence-electron chi connectivity index (χ0n) is 48.7. The second-order valence-electron chi connectivity index (χ2n) is 19.4. The number of carbonyl (C=O) groups excluding carboxylic acids is 3. The number of hydrogen-bond donors (Lipinski definition) is 0. The van der Waals surface area contributed by atoms with Crippen LogP contribution >= 0.6 is 0 Å². The Bertz CT molecular complexity index is 2990. The third-order valence-corrected chi connectivity index (χ3v) is 14.8. The zero-order valence-corrected chi connectivity index (χ0v) is 57.2. The van der Waals surface area contributed by atoms with E-state index in [2.05, 4.69) is 100 Å². The van der Waals surface area contributed by atoms with E-state index in [-0.39, 0.29) is 134 Å². The molecule has 0 amide bonds. The van der Waals surface area contributed by atoms with Crippen LogP contribution in [0.25, 0.3) is 50.7 Å². The van der Waals surface area contributed by atoms with Gasteiger partial charge in [-0.3, -0.25) is 18.9 Å². The molecule has 417 valence electrons. The van der Waals surface area contributed by atoms with Crippen molar-refractivity contribution in [1.82, 2.24) is 58.7 Å². The van der Waals surface area contributed by atoms with Crippen molar-refractivity contribution in [3.63, 3.8) is 0 Å². The number of rotatable bonds is 9. The van der Waals surface area contributed by atoms with Crippen molar-refractivity contribution >= 4 is 36.2 Å². The van der Waals surface area contributed by atoms with E-state index in [0.29, 0.717) is 17.3 Å². The molecule has 3 aliphatic carbocycles. The number of hydrogen-bond acceptors (Lipinski definition) is 12. The van der Waals surface area contributed by atoms with Gasteiger partial charge >= 0.3 is 0 Å². The van der Waals surface area contributed by atoms with E-state index in [1.54, 1.807) is 19.0 Å². The van der Waals surface area contributed by atoms with E-state index in [1.807, 2.05) is 130 Å². The smallest absolute Gasteiger partial charge is 0.252 e. The first-order valence-corrected chi connectivity index (χ1v) is 28.2. The van der Waals surface area contributed by atoms with Crippen LogP contribution in [0.4, 0.5) is 0 Å². The molecular weight excluding hydrogens is 1240 g/mol. The fourth-order valence-corrected chi connectivity index (χ4v) is 11.6. The first-order valence-electron chi connectivity index (χ1n) is 28.2. The van der Waals surface area contributed by atoms with Crippen molar-refractivity contribution in [2.24, 2.45) is 17.8 Å². The van der Waals surface area contributed by atoms with Crippen LogP contribution in [-0.2, 0) is 113 Å². The first-order chi connectivity index (χ1) is 38.3. The van der Waals surface area contributed by atoms with Gasteiger partial charge in [0.05, 0.1) is 34.2 Å². The molecule has 3 aromatic carbocycles. The van der Waals surface area contributed by atoms with Gasteiger partial charge in [-0.1, -0.05) is 190 Å². The molecule has 6 aromatic heterocycles. The molecule has 0 saturated heterocycles. The second kappa shape index (κ2) is 35.0. The molecule has 3 fully saturated rings. The molecule has 81 heavy (non-hydrogen) atoms. The Hall–Kier alpha value is -4.37. The standard InChI is InChI=1S/3C19H19N4O.3C2H6.3Y/c3*1-13-17(15-7-3-2-4-8-15)18(23-19(22-13)20-12-21-23)16-9-5-6-14(10-16)11-24;3*1-2;;;/h3*2-4,7-8,12,14,16H,5-6,9-10H2,1H3;3*1-2H3;;;/q3*-1;;;;;;/t14-,16?;;;;;;;;/m0......../s1. The number of fused-ring (bicyclic) bond motifs is 3.